The van der Waals surface area contributed by atoms with E-state index in [4.69, 9.17) is 0 Å². The summed E-state index contributed by atoms with van der Waals surface area (Å²) in [5, 5.41) is 3.29. The molecule has 100 valence electrons. The van der Waals surface area contributed by atoms with Crippen molar-refractivity contribution in [1.29, 1.82) is 0 Å². The smallest absolute Gasteiger partial charge is 0.263 e. The highest BCUT2D eigenvalue weighted by Gasteiger charge is 2.05. The third-order valence-electron chi connectivity index (χ3n) is 3.24. The molecule has 19 heavy (non-hydrogen) atoms. The summed E-state index contributed by atoms with van der Waals surface area (Å²) in [5.41, 5.74) is 4.59. The van der Waals surface area contributed by atoms with Crippen molar-refractivity contribution in [2.45, 2.75) is 26.8 Å². The Labute approximate surface area is 112 Å². The van der Waals surface area contributed by atoms with Gasteiger partial charge in [-0.25, -0.2) is 8.78 Å². The molecule has 0 atom stereocenters. The molecule has 0 amide bonds. The Morgan fingerprint density at radius 2 is 1.63 bits per heavy atom. The predicted octanol–water partition coefficient (Wildman–Crippen LogP) is 4.85. The van der Waals surface area contributed by atoms with Gasteiger partial charge in [-0.15, -0.1) is 0 Å². The van der Waals surface area contributed by atoms with Gasteiger partial charge in [0.15, 0.2) is 0 Å². The van der Waals surface area contributed by atoms with Crippen molar-refractivity contribution in [3.05, 3.63) is 64.7 Å². The Morgan fingerprint density at radius 3 is 2.21 bits per heavy atom. The van der Waals surface area contributed by atoms with E-state index in [1.165, 1.54) is 23.3 Å². The fourth-order valence-corrected chi connectivity index (χ4v) is 1.84. The molecule has 0 radical (unpaired) electrons. The standard InChI is InChI=1S/C16H17F2N/c1-11-3-8-15(9-12(11)2)19-10-13-4-6-14(7-5-13)16(17)18/h3-9,16,19H,10H2,1-2H3. The van der Waals surface area contributed by atoms with Crippen LogP contribution in [-0.2, 0) is 6.54 Å². The maximum atomic E-state index is 12.4. The van der Waals surface area contributed by atoms with Crippen molar-refractivity contribution in [2.24, 2.45) is 0 Å². The zero-order chi connectivity index (χ0) is 13.8. The van der Waals surface area contributed by atoms with Gasteiger partial charge in [-0.05, 0) is 42.7 Å². The SMILES string of the molecule is Cc1ccc(NCc2ccc(C(F)F)cc2)cc1C. The highest BCUT2D eigenvalue weighted by Crippen LogP contribution is 2.19. The number of nitrogens with one attached hydrogen (secondary N) is 1. The number of aryl methyl sites for hydroxylation is 2. The van der Waals surface area contributed by atoms with Gasteiger partial charge in [-0.3, -0.25) is 0 Å². The number of halogens is 2. The van der Waals surface area contributed by atoms with Crippen LogP contribution in [0.3, 0.4) is 0 Å². The lowest BCUT2D eigenvalue weighted by atomic mass is 10.1. The van der Waals surface area contributed by atoms with Crippen LogP contribution in [0.5, 0.6) is 0 Å². The van der Waals surface area contributed by atoms with Gasteiger partial charge >= 0.3 is 0 Å². The lowest BCUT2D eigenvalue weighted by Gasteiger charge is -2.09. The zero-order valence-corrected chi connectivity index (χ0v) is 11.1. The Hall–Kier alpha value is -1.90. The number of hydrogen-bond donors (Lipinski definition) is 1. The minimum absolute atomic E-state index is 0.0648. The molecule has 0 bridgehead atoms. The van der Waals surface area contributed by atoms with Crippen LogP contribution in [0.4, 0.5) is 14.5 Å². The van der Waals surface area contributed by atoms with Crippen molar-refractivity contribution >= 4 is 5.69 Å². The van der Waals surface area contributed by atoms with Crippen LogP contribution in [0.2, 0.25) is 0 Å². The van der Waals surface area contributed by atoms with E-state index in [1.807, 2.05) is 6.07 Å². The number of anilines is 1. The highest BCUT2D eigenvalue weighted by atomic mass is 19.3. The number of rotatable bonds is 4. The lowest BCUT2D eigenvalue weighted by molar-refractivity contribution is 0.151. The van der Waals surface area contributed by atoms with Gasteiger partial charge in [0.05, 0.1) is 0 Å². The number of benzene rings is 2. The van der Waals surface area contributed by atoms with Crippen LogP contribution in [0.15, 0.2) is 42.5 Å². The van der Waals surface area contributed by atoms with E-state index in [1.54, 1.807) is 12.1 Å². The van der Waals surface area contributed by atoms with Gasteiger partial charge in [-0.1, -0.05) is 30.3 Å². The van der Waals surface area contributed by atoms with Crippen LogP contribution >= 0.6 is 0 Å². The second-order valence-electron chi connectivity index (χ2n) is 4.69. The quantitative estimate of drug-likeness (QED) is 0.829. The lowest BCUT2D eigenvalue weighted by Crippen LogP contribution is -2.00. The molecule has 3 heteroatoms. The van der Waals surface area contributed by atoms with E-state index < -0.39 is 6.43 Å². The molecular weight excluding hydrogens is 244 g/mol. The first-order valence-corrected chi connectivity index (χ1v) is 6.24. The van der Waals surface area contributed by atoms with Crippen LogP contribution in [0, 0.1) is 13.8 Å². The summed E-state index contributed by atoms with van der Waals surface area (Å²) in [6, 6.07) is 12.6. The maximum absolute atomic E-state index is 12.4. The Bertz CT molecular complexity index is 547. The van der Waals surface area contributed by atoms with Gasteiger partial charge in [-0.2, -0.15) is 0 Å². The first kappa shape index (κ1) is 13.5. The van der Waals surface area contributed by atoms with Crippen LogP contribution < -0.4 is 5.32 Å². The topological polar surface area (TPSA) is 12.0 Å². The fourth-order valence-electron chi connectivity index (χ4n) is 1.84. The van der Waals surface area contributed by atoms with Crippen LogP contribution in [0.25, 0.3) is 0 Å². The minimum atomic E-state index is -2.40. The molecule has 0 saturated carbocycles. The van der Waals surface area contributed by atoms with Gasteiger partial charge in [0.25, 0.3) is 6.43 Å². The first-order chi connectivity index (χ1) is 9.06. The fraction of sp³-hybridized carbons (Fsp3) is 0.250. The average molecular weight is 261 g/mol. The monoisotopic (exact) mass is 261 g/mol. The Kier molecular flexibility index (Phi) is 4.15. The Morgan fingerprint density at radius 1 is 0.947 bits per heavy atom. The van der Waals surface area contributed by atoms with Crippen molar-refractivity contribution in [2.75, 3.05) is 5.32 Å². The molecule has 0 spiro atoms. The predicted molar refractivity (Wildman–Crippen MR) is 74.6 cm³/mol. The van der Waals surface area contributed by atoms with Crippen molar-refractivity contribution in [3.8, 4) is 0 Å². The summed E-state index contributed by atoms with van der Waals surface area (Å²) in [6.07, 6.45) is -2.40. The molecule has 0 heterocycles. The van der Waals surface area contributed by atoms with E-state index in [2.05, 4.69) is 31.3 Å². The van der Waals surface area contributed by atoms with Gasteiger partial charge in [0.2, 0.25) is 0 Å². The van der Waals surface area contributed by atoms with Crippen LogP contribution in [-0.4, -0.2) is 0 Å². The minimum Gasteiger partial charge on any atom is -0.381 e. The Balaban J connectivity index is 2.00. The second-order valence-corrected chi connectivity index (χ2v) is 4.69. The van der Waals surface area contributed by atoms with E-state index in [-0.39, 0.29) is 5.56 Å². The van der Waals surface area contributed by atoms with Crippen LogP contribution in [0.1, 0.15) is 28.7 Å². The summed E-state index contributed by atoms with van der Waals surface area (Å²) in [7, 11) is 0. The third-order valence-corrected chi connectivity index (χ3v) is 3.24. The van der Waals surface area contributed by atoms with Gasteiger partial charge < -0.3 is 5.32 Å². The molecule has 1 N–H and O–H groups in total. The molecule has 0 saturated heterocycles. The summed E-state index contributed by atoms with van der Waals surface area (Å²) >= 11 is 0. The molecule has 0 unspecified atom stereocenters. The maximum Gasteiger partial charge on any atom is 0.263 e. The number of hydrogen-bond acceptors (Lipinski definition) is 1. The summed E-state index contributed by atoms with van der Waals surface area (Å²) in [5.74, 6) is 0. The van der Waals surface area contributed by atoms with Gasteiger partial charge in [0.1, 0.15) is 0 Å². The second kappa shape index (κ2) is 5.83. The molecule has 0 aliphatic carbocycles. The average Bonchev–Trinajstić information content (AvgIpc) is 2.40. The molecule has 2 aromatic carbocycles. The van der Waals surface area contributed by atoms with E-state index in [0.29, 0.717) is 6.54 Å². The first-order valence-electron chi connectivity index (χ1n) is 6.24. The number of alkyl halides is 2. The molecular formula is C16H17F2N. The molecule has 0 aromatic heterocycles. The molecule has 2 rings (SSSR count). The summed E-state index contributed by atoms with van der Waals surface area (Å²) < 4.78 is 24.8. The third kappa shape index (κ3) is 3.53. The summed E-state index contributed by atoms with van der Waals surface area (Å²) in [4.78, 5) is 0. The molecule has 0 aliphatic rings. The molecule has 1 nitrogen and oxygen atoms in total. The van der Waals surface area contributed by atoms with Gasteiger partial charge in [0, 0.05) is 17.8 Å². The molecule has 0 aliphatic heterocycles. The molecule has 2 aromatic rings. The van der Waals surface area contributed by atoms with Crippen molar-refractivity contribution in [3.63, 3.8) is 0 Å². The van der Waals surface area contributed by atoms with E-state index in [0.717, 1.165) is 11.3 Å². The van der Waals surface area contributed by atoms with E-state index >= 15 is 0 Å². The highest BCUT2D eigenvalue weighted by molar-refractivity contribution is 5.48. The van der Waals surface area contributed by atoms with Crippen molar-refractivity contribution in [1.82, 2.24) is 0 Å². The summed E-state index contributed by atoms with van der Waals surface area (Å²) in [6.45, 7) is 4.77. The largest absolute Gasteiger partial charge is 0.381 e. The van der Waals surface area contributed by atoms with Crippen molar-refractivity contribution < 1.29 is 8.78 Å². The molecule has 0 fully saturated rings. The zero-order valence-electron chi connectivity index (χ0n) is 11.1. The van der Waals surface area contributed by atoms with E-state index in [9.17, 15) is 8.78 Å². The normalized spacial score (nSPS) is 10.8.